The summed E-state index contributed by atoms with van der Waals surface area (Å²) in [6.45, 7) is -0.0226. The lowest BCUT2D eigenvalue weighted by molar-refractivity contribution is 0.0880. The summed E-state index contributed by atoms with van der Waals surface area (Å²) in [6.07, 6.45) is -0.930. The summed E-state index contributed by atoms with van der Waals surface area (Å²) in [5.41, 5.74) is 0.844. The summed E-state index contributed by atoms with van der Waals surface area (Å²) in [6, 6.07) is 15.7. The largest absolute Gasteiger partial charge is 0.497 e. The first-order valence-electron chi connectivity index (χ1n) is 8.34. The molecule has 0 bridgehead atoms. The van der Waals surface area contributed by atoms with Crippen LogP contribution in [0.2, 0.25) is 0 Å². The van der Waals surface area contributed by atoms with Crippen molar-refractivity contribution in [2.75, 3.05) is 13.7 Å². The van der Waals surface area contributed by atoms with Crippen molar-refractivity contribution >= 4 is 0 Å². The Labute approximate surface area is 155 Å². The van der Waals surface area contributed by atoms with Gasteiger partial charge in [-0.25, -0.2) is 9.07 Å². The SMILES string of the molecule is COc1ccc(OCC(O)Cn2nc(-c3ccc(F)cc3)ccc2=O)cc1. The van der Waals surface area contributed by atoms with Crippen LogP contribution in [0.5, 0.6) is 11.5 Å². The molecule has 1 N–H and O–H groups in total. The lowest BCUT2D eigenvalue weighted by Gasteiger charge is -2.14. The third-order valence-corrected chi connectivity index (χ3v) is 3.89. The van der Waals surface area contributed by atoms with Gasteiger partial charge in [0.1, 0.15) is 30.0 Å². The average molecular weight is 370 g/mol. The number of methoxy groups -OCH3 is 1. The van der Waals surface area contributed by atoms with Gasteiger partial charge in [-0.05, 0) is 54.6 Å². The molecule has 1 atom stereocenters. The van der Waals surface area contributed by atoms with Gasteiger partial charge < -0.3 is 14.6 Å². The molecule has 3 aromatic rings. The van der Waals surface area contributed by atoms with Crippen LogP contribution in [0, 0.1) is 5.82 Å². The average Bonchev–Trinajstić information content (AvgIpc) is 2.69. The highest BCUT2D eigenvalue weighted by Gasteiger charge is 2.10. The van der Waals surface area contributed by atoms with Gasteiger partial charge in [-0.15, -0.1) is 0 Å². The number of hydrogen-bond donors (Lipinski definition) is 1. The van der Waals surface area contributed by atoms with E-state index in [1.807, 2.05) is 0 Å². The van der Waals surface area contributed by atoms with Gasteiger partial charge in [0.05, 0.1) is 19.3 Å². The first-order chi connectivity index (χ1) is 13.0. The van der Waals surface area contributed by atoms with E-state index < -0.39 is 6.10 Å². The summed E-state index contributed by atoms with van der Waals surface area (Å²) in [5, 5.41) is 14.4. The van der Waals surface area contributed by atoms with E-state index in [1.165, 1.54) is 22.9 Å². The summed E-state index contributed by atoms with van der Waals surface area (Å²) in [4.78, 5) is 12.0. The molecule has 7 heteroatoms. The molecular weight excluding hydrogens is 351 g/mol. The molecular formula is C20H19FN2O4. The zero-order chi connectivity index (χ0) is 19.2. The predicted molar refractivity (Wildman–Crippen MR) is 98.4 cm³/mol. The van der Waals surface area contributed by atoms with Crippen LogP contribution in [-0.2, 0) is 6.54 Å². The van der Waals surface area contributed by atoms with Crippen LogP contribution in [0.4, 0.5) is 4.39 Å². The normalized spacial score (nSPS) is 11.8. The molecule has 0 aliphatic rings. The Kier molecular flexibility index (Phi) is 5.83. The Morgan fingerprint density at radius 2 is 1.70 bits per heavy atom. The number of hydrogen-bond acceptors (Lipinski definition) is 5. The Hall–Kier alpha value is -3.19. The Morgan fingerprint density at radius 3 is 2.37 bits per heavy atom. The van der Waals surface area contributed by atoms with Crippen molar-refractivity contribution in [1.29, 1.82) is 0 Å². The highest BCUT2D eigenvalue weighted by atomic mass is 19.1. The molecule has 3 rings (SSSR count). The molecule has 0 fully saturated rings. The minimum absolute atomic E-state index is 0.00121. The maximum absolute atomic E-state index is 13.1. The lowest BCUT2D eigenvalue weighted by atomic mass is 10.1. The van der Waals surface area contributed by atoms with Crippen molar-refractivity contribution in [3.05, 3.63) is 76.8 Å². The summed E-state index contributed by atoms with van der Waals surface area (Å²) in [5.74, 6) is 0.935. The number of halogens is 1. The van der Waals surface area contributed by atoms with Crippen LogP contribution in [0.3, 0.4) is 0 Å². The molecule has 1 heterocycles. The van der Waals surface area contributed by atoms with E-state index in [4.69, 9.17) is 9.47 Å². The Bertz CT molecular complexity index is 939. The first kappa shape index (κ1) is 18.6. The summed E-state index contributed by atoms with van der Waals surface area (Å²) < 4.78 is 24.8. The van der Waals surface area contributed by atoms with Crippen LogP contribution in [0.15, 0.2) is 65.5 Å². The molecule has 0 radical (unpaired) electrons. The fourth-order valence-electron chi connectivity index (χ4n) is 2.47. The van der Waals surface area contributed by atoms with E-state index in [0.29, 0.717) is 22.8 Å². The van der Waals surface area contributed by atoms with Gasteiger partial charge in [-0.2, -0.15) is 5.10 Å². The quantitative estimate of drug-likeness (QED) is 0.692. The standard InChI is InChI=1S/C20H19FN2O4/c1-26-17-6-8-18(9-7-17)27-13-16(24)12-23-20(25)11-10-19(22-23)14-2-4-15(21)5-3-14/h2-11,16,24H,12-13H2,1H3. The van der Waals surface area contributed by atoms with Crippen LogP contribution in [0.25, 0.3) is 11.3 Å². The molecule has 2 aromatic carbocycles. The zero-order valence-corrected chi connectivity index (χ0v) is 14.7. The third kappa shape index (κ3) is 4.92. The van der Waals surface area contributed by atoms with Crippen LogP contribution in [-0.4, -0.2) is 34.7 Å². The van der Waals surface area contributed by atoms with E-state index in [1.54, 1.807) is 49.6 Å². The van der Waals surface area contributed by atoms with Gasteiger partial charge in [0.2, 0.25) is 0 Å². The van der Waals surface area contributed by atoms with Gasteiger partial charge in [0.25, 0.3) is 5.56 Å². The van der Waals surface area contributed by atoms with Gasteiger partial charge in [-0.1, -0.05) is 0 Å². The topological polar surface area (TPSA) is 73.6 Å². The van der Waals surface area contributed by atoms with E-state index in [-0.39, 0.29) is 24.5 Å². The molecule has 0 saturated carbocycles. The fraction of sp³-hybridized carbons (Fsp3) is 0.200. The second kappa shape index (κ2) is 8.46. The molecule has 0 aliphatic carbocycles. The van der Waals surface area contributed by atoms with Crippen molar-refractivity contribution < 1.29 is 19.0 Å². The summed E-state index contributed by atoms with van der Waals surface area (Å²) in [7, 11) is 1.57. The second-order valence-corrected chi connectivity index (χ2v) is 5.89. The molecule has 1 aromatic heterocycles. The van der Waals surface area contributed by atoms with Crippen molar-refractivity contribution in [2.24, 2.45) is 0 Å². The molecule has 0 spiro atoms. The molecule has 0 saturated heterocycles. The lowest BCUT2D eigenvalue weighted by Crippen LogP contribution is -2.31. The van der Waals surface area contributed by atoms with Gasteiger partial charge in [0, 0.05) is 11.6 Å². The maximum atomic E-state index is 13.1. The van der Waals surface area contributed by atoms with E-state index >= 15 is 0 Å². The van der Waals surface area contributed by atoms with Crippen molar-refractivity contribution in [3.63, 3.8) is 0 Å². The van der Waals surface area contributed by atoms with Gasteiger partial charge >= 0.3 is 0 Å². The number of aromatic nitrogens is 2. The van der Waals surface area contributed by atoms with Crippen molar-refractivity contribution in [1.82, 2.24) is 9.78 Å². The maximum Gasteiger partial charge on any atom is 0.266 e. The highest BCUT2D eigenvalue weighted by Crippen LogP contribution is 2.17. The Morgan fingerprint density at radius 1 is 1.04 bits per heavy atom. The van der Waals surface area contributed by atoms with E-state index in [0.717, 1.165) is 0 Å². The van der Waals surface area contributed by atoms with Gasteiger partial charge in [-0.3, -0.25) is 4.79 Å². The predicted octanol–water partition coefficient (Wildman–Crippen LogP) is 2.50. The van der Waals surface area contributed by atoms with Gasteiger partial charge in [0.15, 0.2) is 0 Å². The minimum atomic E-state index is -0.930. The van der Waals surface area contributed by atoms with E-state index in [9.17, 15) is 14.3 Å². The number of ether oxygens (including phenoxy) is 2. The molecule has 140 valence electrons. The monoisotopic (exact) mass is 370 g/mol. The second-order valence-electron chi connectivity index (χ2n) is 5.89. The molecule has 0 aliphatic heterocycles. The number of aliphatic hydroxyl groups is 1. The van der Waals surface area contributed by atoms with Crippen molar-refractivity contribution in [3.8, 4) is 22.8 Å². The number of aliphatic hydroxyl groups excluding tert-OH is 1. The number of rotatable bonds is 7. The van der Waals surface area contributed by atoms with E-state index in [2.05, 4.69) is 5.10 Å². The minimum Gasteiger partial charge on any atom is -0.497 e. The van der Waals surface area contributed by atoms with Crippen LogP contribution >= 0.6 is 0 Å². The van der Waals surface area contributed by atoms with Crippen LogP contribution in [0.1, 0.15) is 0 Å². The third-order valence-electron chi connectivity index (χ3n) is 3.89. The molecule has 6 nitrogen and oxygen atoms in total. The smallest absolute Gasteiger partial charge is 0.266 e. The first-order valence-corrected chi connectivity index (χ1v) is 8.34. The molecule has 0 amide bonds. The number of benzene rings is 2. The number of nitrogens with zero attached hydrogens (tertiary/aromatic N) is 2. The Balaban J connectivity index is 1.66. The zero-order valence-electron chi connectivity index (χ0n) is 14.7. The van der Waals surface area contributed by atoms with Crippen LogP contribution < -0.4 is 15.0 Å². The molecule has 1 unspecified atom stereocenters. The van der Waals surface area contributed by atoms with Crippen molar-refractivity contribution in [2.45, 2.75) is 12.6 Å². The fourth-order valence-corrected chi connectivity index (χ4v) is 2.47. The summed E-state index contributed by atoms with van der Waals surface area (Å²) >= 11 is 0. The highest BCUT2D eigenvalue weighted by molar-refractivity contribution is 5.57. The molecule has 27 heavy (non-hydrogen) atoms.